The maximum absolute atomic E-state index is 12.8. The highest BCUT2D eigenvalue weighted by Gasteiger charge is 2.73. The molecule has 138 valence electrons. The van der Waals surface area contributed by atoms with E-state index in [1.165, 1.54) is 0 Å². The summed E-state index contributed by atoms with van der Waals surface area (Å²) in [6.07, 6.45) is 7.20. The number of phenols is 2. The van der Waals surface area contributed by atoms with Crippen molar-refractivity contribution in [3.63, 3.8) is 0 Å². The maximum atomic E-state index is 12.8. The lowest BCUT2D eigenvalue weighted by Crippen LogP contribution is -2.30. The number of amides is 2. The lowest BCUT2D eigenvalue weighted by Gasteiger charge is -2.18. The molecule has 9 heteroatoms. The summed E-state index contributed by atoms with van der Waals surface area (Å²) in [6.45, 7) is 0. The van der Waals surface area contributed by atoms with Gasteiger partial charge in [0.15, 0.2) is 5.75 Å². The minimum atomic E-state index is -0.804. The summed E-state index contributed by atoms with van der Waals surface area (Å²) in [5.74, 6) is -2.49. The van der Waals surface area contributed by atoms with Gasteiger partial charge in [0.1, 0.15) is 5.75 Å². The molecule has 2 amide bonds. The second-order valence-electron chi connectivity index (χ2n) is 7.61. The monoisotopic (exact) mass is 369 g/mol. The molecule has 3 fully saturated rings. The minimum absolute atomic E-state index is 0.0723. The minimum Gasteiger partial charge on any atom is -0.507 e. The smallest absolute Gasteiger partial charge is 0.311 e. The molecule has 3 aliphatic carbocycles. The average Bonchev–Trinajstić information content (AvgIpc) is 3.21. The molecule has 1 aromatic rings. The van der Waals surface area contributed by atoms with E-state index in [4.69, 9.17) is 0 Å². The number of benzene rings is 1. The van der Waals surface area contributed by atoms with Crippen molar-refractivity contribution in [3.05, 3.63) is 40.0 Å². The van der Waals surface area contributed by atoms with E-state index in [2.05, 4.69) is 5.10 Å². The summed E-state index contributed by atoms with van der Waals surface area (Å²) in [7, 11) is 0. The number of allylic oxidation sites excluding steroid dienone is 2. The highest BCUT2D eigenvalue weighted by atomic mass is 16.6. The number of fused-ring (bicyclic) bond motifs is 3. The third-order valence-electron chi connectivity index (χ3n) is 6.46. The van der Waals surface area contributed by atoms with Crippen molar-refractivity contribution in [3.8, 4) is 11.5 Å². The highest BCUT2D eigenvalue weighted by Crippen LogP contribution is 2.73. The Labute approximate surface area is 152 Å². The summed E-state index contributed by atoms with van der Waals surface area (Å²) in [5, 5.41) is 35.0. The molecule has 1 spiro atoms. The number of imide groups is 1. The summed E-state index contributed by atoms with van der Waals surface area (Å²) in [4.78, 5) is 35.7. The zero-order valence-corrected chi connectivity index (χ0v) is 14.0. The Balaban J connectivity index is 1.45. The number of carbonyl (C=O) groups excluding carboxylic acids is 2. The zero-order valence-electron chi connectivity index (χ0n) is 14.0. The molecule has 2 N–H and O–H groups in total. The van der Waals surface area contributed by atoms with Crippen molar-refractivity contribution in [2.24, 2.45) is 34.2 Å². The normalized spacial score (nSPS) is 32.1. The third-order valence-corrected chi connectivity index (χ3v) is 6.46. The molecule has 5 rings (SSSR count). The van der Waals surface area contributed by atoms with Gasteiger partial charge in [0.25, 0.3) is 11.8 Å². The van der Waals surface area contributed by atoms with Crippen LogP contribution in [-0.2, 0) is 9.59 Å². The van der Waals surface area contributed by atoms with Crippen LogP contribution < -0.4 is 0 Å². The second kappa shape index (κ2) is 4.93. The molecule has 1 saturated heterocycles. The van der Waals surface area contributed by atoms with E-state index in [1.807, 2.05) is 12.2 Å². The molecule has 1 heterocycles. The number of rotatable bonds is 3. The Bertz CT molecular complexity index is 946. The van der Waals surface area contributed by atoms with Gasteiger partial charge in [-0.3, -0.25) is 19.7 Å². The Hall–Kier alpha value is -3.23. The van der Waals surface area contributed by atoms with Crippen LogP contribution in [0.2, 0.25) is 0 Å². The summed E-state index contributed by atoms with van der Waals surface area (Å²) >= 11 is 0. The number of hydrogen-bond donors (Lipinski definition) is 2. The third kappa shape index (κ3) is 1.91. The van der Waals surface area contributed by atoms with Crippen molar-refractivity contribution in [2.75, 3.05) is 0 Å². The fourth-order valence-corrected chi connectivity index (χ4v) is 5.13. The summed E-state index contributed by atoms with van der Waals surface area (Å²) in [5.41, 5.74) is -0.591. The van der Waals surface area contributed by atoms with Crippen molar-refractivity contribution in [1.29, 1.82) is 0 Å². The molecular formula is C18H15N3O6. The second-order valence-corrected chi connectivity index (χ2v) is 7.61. The van der Waals surface area contributed by atoms with Gasteiger partial charge in [-0.15, -0.1) is 0 Å². The first kappa shape index (κ1) is 16.0. The van der Waals surface area contributed by atoms with E-state index in [0.717, 1.165) is 36.2 Å². The van der Waals surface area contributed by atoms with Crippen LogP contribution in [0.15, 0.2) is 29.4 Å². The quantitative estimate of drug-likeness (QED) is 0.273. The van der Waals surface area contributed by atoms with E-state index in [1.54, 1.807) is 0 Å². The van der Waals surface area contributed by atoms with E-state index in [-0.39, 0.29) is 34.6 Å². The average molecular weight is 369 g/mol. The molecular weight excluding hydrogens is 354 g/mol. The van der Waals surface area contributed by atoms with Gasteiger partial charge in [-0.1, -0.05) is 12.2 Å². The van der Waals surface area contributed by atoms with E-state index in [9.17, 15) is 29.9 Å². The molecule has 4 aliphatic rings. The van der Waals surface area contributed by atoms with Gasteiger partial charge in [0.2, 0.25) is 0 Å². The number of nitro benzene ring substituents is 1. The van der Waals surface area contributed by atoms with Crippen LogP contribution in [0.25, 0.3) is 0 Å². The Morgan fingerprint density at radius 1 is 1.11 bits per heavy atom. The summed E-state index contributed by atoms with van der Waals surface area (Å²) < 4.78 is 0. The van der Waals surface area contributed by atoms with Gasteiger partial charge in [-0.2, -0.15) is 10.1 Å². The van der Waals surface area contributed by atoms with Crippen LogP contribution in [-0.4, -0.2) is 38.2 Å². The fourth-order valence-electron chi connectivity index (χ4n) is 5.13. The maximum Gasteiger partial charge on any atom is 0.311 e. The van der Waals surface area contributed by atoms with Crippen molar-refractivity contribution >= 4 is 23.7 Å². The molecule has 9 nitrogen and oxygen atoms in total. The molecule has 0 unspecified atom stereocenters. The molecule has 1 aromatic carbocycles. The van der Waals surface area contributed by atoms with Crippen LogP contribution in [0.5, 0.6) is 11.5 Å². The van der Waals surface area contributed by atoms with Crippen LogP contribution in [0, 0.1) is 39.2 Å². The van der Waals surface area contributed by atoms with Gasteiger partial charge >= 0.3 is 5.69 Å². The predicted molar refractivity (Wildman–Crippen MR) is 90.6 cm³/mol. The lowest BCUT2D eigenvalue weighted by molar-refractivity contribution is -0.385. The Morgan fingerprint density at radius 2 is 1.70 bits per heavy atom. The van der Waals surface area contributed by atoms with E-state index < -0.39 is 33.9 Å². The van der Waals surface area contributed by atoms with Crippen LogP contribution in [0.3, 0.4) is 0 Å². The molecule has 1 aliphatic heterocycles. The lowest BCUT2D eigenvalue weighted by atomic mass is 9.85. The van der Waals surface area contributed by atoms with Gasteiger partial charge < -0.3 is 10.2 Å². The van der Waals surface area contributed by atoms with Gasteiger partial charge in [0, 0.05) is 17.7 Å². The Kier molecular flexibility index (Phi) is 2.92. The number of hydrogen-bond acceptors (Lipinski definition) is 7. The van der Waals surface area contributed by atoms with E-state index >= 15 is 0 Å². The van der Waals surface area contributed by atoms with Gasteiger partial charge in [-0.05, 0) is 30.1 Å². The number of nitrogens with zero attached hydrogens (tertiary/aromatic N) is 3. The largest absolute Gasteiger partial charge is 0.507 e. The number of hydrazone groups is 1. The standard InChI is InChI=1S/C18H15N3O6/c22-12-6-13(23)11(21(26)27)5-8(12)7-19-20-16(24)14-9-1-2-10(15(14)17(20)25)18(9)3-4-18/h1-2,5-7,9-10,14-15,22-23H,3-4H2/b19-7+/t9-,10+,14-,15-/m0/s1. The van der Waals surface area contributed by atoms with Crippen LogP contribution in [0.4, 0.5) is 5.69 Å². The number of nitro groups is 1. The van der Waals surface area contributed by atoms with Crippen LogP contribution >= 0.6 is 0 Å². The molecule has 4 atom stereocenters. The predicted octanol–water partition coefficient (Wildman–Crippen LogP) is 1.54. The first-order valence-electron chi connectivity index (χ1n) is 8.65. The highest BCUT2D eigenvalue weighted by molar-refractivity contribution is 6.07. The van der Waals surface area contributed by atoms with Crippen molar-refractivity contribution in [2.45, 2.75) is 12.8 Å². The number of phenolic OH excluding ortho intramolecular Hbond substituents is 2. The first-order valence-corrected chi connectivity index (χ1v) is 8.65. The van der Waals surface area contributed by atoms with Gasteiger partial charge in [0.05, 0.1) is 23.0 Å². The zero-order chi connectivity index (χ0) is 19.1. The van der Waals surface area contributed by atoms with Crippen LogP contribution in [0.1, 0.15) is 18.4 Å². The Morgan fingerprint density at radius 3 is 2.22 bits per heavy atom. The summed E-state index contributed by atoms with van der Waals surface area (Å²) in [6, 6.07) is 1.76. The van der Waals surface area contributed by atoms with E-state index in [0.29, 0.717) is 0 Å². The van der Waals surface area contributed by atoms with Crippen molar-refractivity contribution in [1.82, 2.24) is 5.01 Å². The molecule has 0 radical (unpaired) electrons. The number of aromatic hydroxyl groups is 2. The molecule has 0 aromatic heterocycles. The van der Waals surface area contributed by atoms with Crippen molar-refractivity contribution < 1.29 is 24.7 Å². The fraction of sp³-hybridized carbons (Fsp3) is 0.389. The molecule has 27 heavy (non-hydrogen) atoms. The SMILES string of the molecule is O=C1[C@@H]2[C@@H](C(=O)N1/N=C/c1cc([N+](=O)[O-])c(O)cc1O)[C@@H]1C=C[C@H]2C12CC2. The molecule has 2 saturated carbocycles. The van der Waals surface area contributed by atoms with Gasteiger partial charge in [-0.25, -0.2) is 0 Å². The number of carbonyl (C=O) groups is 2. The first-order chi connectivity index (χ1) is 12.8. The molecule has 2 bridgehead atoms. The topological polar surface area (TPSA) is 133 Å².